The number of rotatable bonds is 2. The summed E-state index contributed by atoms with van der Waals surface area (Å²) < 4.78 is 4.40. The topological polar surface area (TPSA) is 67.3 Å². The summed E-state index contributed by atoms with van der Waals surface area (Å²) in [4.78, 5) is 14.6. The van der Waals surface area contributed by atoms with Crippen molar-refractivity contribution in [2.75, 3.05) is 7.11 Å². The Hall–Kier alpha value is -1.87. The maximum Gasteiger partial charge on any atom is 0.339 e. The summed E-state index contributed by atoms with van der Waals surface area (Å²) >= 11 is 0. The summed E-state index contributed by atoms with van der Waals surface area (Å²) in [6, 6.07) is 1.82. The van der Waals surface area contributed by atoms with Crippen molar-refractivity contribution in [1.82, 2.24) is 10.2 Å². The van der Waals surface area contributed by atoms with Gasteiger partial charge in [-0.1, -0.05) is 20.8 Å². The zero-order chi connectivity index (χ0) is 12.2. The van der Waals surface area contributed by atoms with Crippen LogP contribution in [-0.2, 0) is 14.9 Å². The van der Waals surface area contributed by atoms with E-state index in [0.29, 0.717) is 5.82 Å². The van der Waals surface area contributed by atoms with Gasteiger partial charge in [-0.15, -0.1) is 0 Å². The van der Waals surface area contributed by atoms with Crippen molar-refractivity contribution in [1.29, 1.82) is 0 Å². The highest BCUT2D eigenvalue weighted by Crippen LogP contribution is 2.22. The van der Waals surface area contributed by atoms with Gasteiger partial charge < -0.3 is 4.74 Å². The first-order valence-corrected chi connectivity index (χ1v) is 4.87. The monoisotopic (exact) mass is 221 g/mol. The molecule has 5 heteroatoms. The fourth-order valence-corrected chi connectivity index (χ4v) is 0.963. The molecular formula is C11H15N3O2. The molecule has 5 nitrogen and oxygen atoms in total. The van der Waals surface area contributed by atoms with E-state index in [9.17, 15) is 4.79 Å². The Bertz CT molecular complexity index is 434. The van der Waals surface area contributed by atoms with Crippen LogP contribution in [0.1, 0.15) is 26.5 Å². The summed E-state index contributed by atoms with van der Waals surface area (Å²) in [5.41, 5.74) is 0.971. The highest BCUT2D eigenvalue weighted by atomic mass is 16.5. The predicted octanol–water partition coefficient (Wildman–Crippen LogP) is 1.74. The minimum atomic E-state index is -0.490. The van der Waals surface area contributed by atoms with Crippen LogP contribution in [0.5, 0.6) is 0 Å². The van der Waals surface area contributed by atoms with E-state index < -0.39 is 5.97 Å². The van der Waals surface area contributed by atoms with Gasteiger partial charge in [0.05, 0.1) is 13.2 Å². The fraction of sp³-hybridized carbons (Fsp3) is 0.455. The molecule has 0 aliphatic rings. The van der Waals surface area contributed by atoms with Gasteiger partial charge in [0.2, 0.25) is 0 Å². The van der Waals surface area contributed by atoms with Crippen LogP contribution in [0.2, 0.25) is 0 Å². The van der Waals surface area contributed by atoms with Crippen LogP contribution >= 0.6 is 0 Å². The van der Waals surface area contributed by atoms with Crippen LogP contribution in [0.15, 0.2) is 17.1 Å². The fourth-order valence-electron chi connectivity index (χ4n) is 0.963. The lowest BCUT2D eigenvalue weighted by Crippen LogP contribution is -2.11. The van der Waals surface area contributed by atoms with Gasteiger partial charge >= 0.3 is 5.97 Å². The first kappa shape index (κ1) is 12.2. The van der Waals surface area contributed by atoms with E-state index in [1.54, 1.807) is 0 Å². The van der Waals surface area contributed by atoms with Crippen LogP contribution in [0, 0.1) is 0 Å². The van der Waals surface area contributed by atoms with Crippen LogP contribution in [0.4, 0.5) is 5.82 Å². The molecule has 0 atom stereocenters. The number of nitrogens with zero attached hydrogens (tertiary/aromatic N) is 2. The molecule has 0 spiro atoms. The Morgan fingerprint density at radius 2 is 2.31 bits per heavy atom. The number of methoxy groups -OCH3 is 1. The van der Waals surface area contributed by atoms with Crippen molar-refractivity contribution in [3.05, 3.63) is 17.8 Å². The Kier molecular flexibility index (Phi) is 3.64. The minimum absolute atomic E-state index is 0.00711. The third-order valence-electron chi connectivity index (χ3n) is 1.94. The number of ether oxygens (including phenoxy) is 1. The van der Waals surface area contributed by atoms with Crippen molar-refractivity contribution in [3.63, 3.8) is 0 Å². The molecule has 0 radical (unpaired) electrons. The summed E-state index contributed by atoms with van der Waals surface area (Å²) in [6.45, 7) is 6.20. The Morgan fingerprint density at radius 3 is 2.81 bits per heavy atom. The minimum Gasteiger partial charge on any atom is -0.465 e. The third kappa shape index (κ3) is 3.37. The molecule has 1 N–H and O–H groups in total. The summed E-state index contributed by atoms with van der Waals surface area (Å²) in [6.07, 6.45) is 1.12. The van der Waals surface area contributed by atoms with Crippen LogP contribution in [0.25, 0.3) is 0 Å². The number of carbonyl (C=O) groups is 1. The highest BCUT2D eigenvalue weighted by molar-refractivity contribution is 5.91. The van der Waals surface area contributed by atoms with Crippen molar-refractivity contribution in [2.45, 2.75) is 26.2 Å². The van der Waals surface area contributed by atoms with Crippen molar-refractivity contribution in [2.24, 2.45) is 4.99 Å². The van der Waals surface area contributed by atoms with Gasteiger partial charge in [-0.2, -0.15) is 10.1 Å². The number of aliphatic imine (C=N–C) groups is 1. The molecule has 0 aliphatic heterocycles. The van der Waals surface area contributed by atoms with E-state index in [1.807, 2.05) is 6.07 Å². The lowest BCUT2D eigenvalue weighted by Gasteiger charge is -2.14. The third-order valence-corrected chi connectivity index (χ3v) is 1.94. The van der Waals surface area contributed by atoms with Crippen LogP contribution < -0.4 is 0 Å². The van der Waals surface area contributed by atoms with Crippen LogP contribution in [0.3, 0.4) is 0 Å². The van der Waals surface area contributed by atoms with Gasteiger partial charge in [0.15, 0.2) is 5.82 Å². The number of carbonyl (C=O) groups excluding carboxylic acids is 1. The average molecular weight is 221 g/mol. The van der Waals surface area contributed by atoms with E-state index in [2.05, 4.69) is 46.6 Å². The average Bonchev–Trinajstić information content (AvgIpc) is 2.65. The van der Waals surface area contributed by atoms with E-state index in [1.165, 1.54) is 7.11 Å². The van der Waals surface area contributed by atoms with Crippen molar-refractivity contribution >= 4 is 17.7 Å². The first-order chi connectivity index (χ1) is 7.43. The zero-order valence-electron chi connectivity index (χ0n) is 9.87. The van der Waals surface area contributed by atoms with E-state index in [0.717, 1.165) is 11.8 Å². The number of hydrogen-bond acceptors (Lipinski definition) is 4. The first-order valence-electron chi connectivity index (χ1n) is 4.87. The number of aromatic amines is 1. The second-order valence-corrected chi connectivity index (χ2v) is 4.30. The van der Waals surface area contributed by atoms with Gasteiger partial charge in [0.25, 0.3) is 0 Å². The molecular weight excluding hydrogens is 206 g/mol. The normalized spacial score (nSPS) is 10.5. The lowest BCUT2D eigenvalue weighted by molar-refractivity contribution is -0.134. The van der Waals surface area contributed by atoms with E-state index >= 15 is 0 Å². The largest absolute Gasteiger partial charge is 0.465 e. The quantitative estimate of drug-likeness (QED) is 0.470. The standard InChI is InChI=1S/C11H15N3O2/c1-11(2,3)8-7-9(14-13-8)12-6-5-10(15)16-4/h5,7H,1-4H3,(H,13,14). The molecule has 1 heterocycles. The molecule has 0 saturated carbocycles. The second kappa shape index (κ2) is 4.77. The SMILES string of the molecule is COC(=O)C=C=Nc1cc(C(C)(C)C)[nH]n1. The van der Waals surface area contributed by atoms with E-state index in [-0.39, 0.29) is 5.41 Å². The molecule has 0 amide bonds. The second-order valence-electron chi connectivity index (χ2n) is 4.30. The van der Waals surface area contributed by atoms with Gasteiger partial charge in [0, 0.05) is 17.2 Å². The van der Waals surface area contributed by atoms with Crippen molar-refractivity contribution in [3.8, 4) is 0 Å². The Balaban J connectivity index is 2.81. The molecule has 16 heavy (non-hydrogen) atoms. The predicted molar refractivity (Wildman–Crippen MR) is 61.0 cm³/mol. The number of hydrogen-bond donors (Lipinski definition) is 1. The summed E-state index contributed by atoms with van der Waals surface area (Å²) in [7, 11) is 1.30. The van der Waals surface area contributed by atoms with Crippen LogP contribution in [-0.4, -0.2) is 29.1 Å². The molecule has 0 aromatic carbocycles. The van der Waals surface area contributed by atoms with Crippen molar-refractivity contribution < 1.29 is 9.53 Å². The maximum absolute atomic E-state index is 10.7. The molecule has 1 aromatic rings. The molecule has 0 fully saturated rings. The molecule has 1 rings (SSSR count). The summed E-state index contributed by atoms with van der Waals surface area (Å²) in [5, 5.41) is 6.86. The number of nitrogens with one attached hydrogen (secondary N) is 1. The zero-order valence-corrected chi connectivity index (χ0v) is 9.87. The molecule has 0 bridgehead atoms. The Morgan fingerprint density at radius 1 is 1.62 bits per heavy atom. The lowest BCUT2D eigenvalue weighted by atomic mass is 9.92. The van der Waals surface area contributed by atoms with Gasteiger partial charge in [-0.3, -0.25) is 5.10 Å². The highest BCUT2D eigenvalue weighted by Gasteiger charge is 2.16. The molecule has 1 aromatic heterocycles. The van der Waals surface area contributed by atoms with Gasteiger partial charge in [-0.05, 0) is 5.87 Å². The van der Waals surface area contributed by atoms with Gasteiger partial charge in [0.1, 0.15) is 0 Å². The molecule has 86 valence electrons. The number of esters is 1. The number of H-pyrrole nitrogens is 1. The molecule has 0 unspecified atom stereocenters. The number of aromatic nitrogens is 2. The Labute approximate surface area is 94.2 Å². The summed E-state index contributed by atoms with van der Waals surface area (Å²) in [5.74, 6) is 2.46. The maximum atomic E-state index is 10.7. The molecule has 0 aliphatic carbocycles. The van der Waals surface area contributed by atoms with E-state index in [4.69, 9.17) is 0 Å². The smallest absolute Gasteiger partial charge is 0.339 e. The van der Waals surface area contributed by atoms with Gasteiger partial charge in [-0.25, -0.2) is 4.79 Å². The molecule has 0 saturated heterocycles.